The number of amidine groups is 1. The molecule has 0 aromatic carbocycles. The molecule has 0 aromatic heterocycles. The molecule has 1 unspecified atom stereocenters. The van der Waals surface area contributed by atoms with E-state index in [0.29, 0.717) is 0 Å². The van der Waals surface area contributed by atoms with Crippen molar-refractivity contribution in [3.8, 4) is 0 Å². The fourth-order valence-electron chi connectivity index (χ4n) is 1.41. The predicted molar refractivity (Wildman–Crippen MR) is 52.8 cm³/mol. The quantitative estimate of drug-likeness (QED) is 0.688. The van der Waals surface area contributed by atoms with Crippen molar-refractivity contribution in [3.63, 3.8) is 0 Å². The molecular weight excluding hydrogens is 176 g/mol. The van der Waals surface area contributed by atoms with E-state index in [1.54, 1.807) is 0 Å². The summed E-state index contributed by atoms with van der Waals surface area (Å²) in [5.74, 6) is 0.765. The molecule has 1 rings (SSSR count). The SMILES string of the molecule is Cl.NC1=NC(CCO)CCCC1. The largest absolute Gasteiger partial charge is 0.396 e. The fourth-order valence-corrected chi connectivity index (χ4v) is 1.41. The maximum absolute atomic E-state index is 8.69. The fraction of sp³-hybridized carbons (Fsp3) is 0.875. The van der Waals surface area contributed by atoms with Gasteiger partial charge in [0.05, 0.1) is 11.9 Å². The number of rotatable bonds is 2. The highest BCUT2D eigenvalue weighted by atomic mass is 35.5. The lowest BCUT2D eigenvalue weighted by atomic mass is 10.1. The zero-order chi connectivity index (χ0) is 8.10. The van der Waals surface area contributed by atoms with Gasteiger partial charge in [-0.25, -0.2) is 0 Å². The number of aliphatic hydroxyl groups excluding tert-OH is 1. The summed E-state index contributed by atoms with van der Waals surface area (Å²) < 4.78 is 0. The molecule has 0 spiro atoms. The van der Waals surface area contributed by atoms with Gasteiger partial charge in [0.2, 0.25) is 0 Å². The minimum Gasteiger partial charge on any atom is -0.396 e. The Bertz CT molecular complexity index is 150. The molecular formula is C8H17ClN2O. The van der Waals surface area contributed by atoms with Crippen molar-refractivity contribution in [1.29, 1.82) is 0 Å². The van der Waals surface area contributed by atoms with Crippen LogP contribution in [0.15, 0.2) is 4.99 Å². The number of aliphatic hydroxyl groups is 1. The number of hydrogen-bond acceptors (Lipinski definition) is 3. The minimum absolute atomic E-state index is 0. The molecule has 0 radical (unpaired) electrons. The molecule has 0 bridgehead atoms. The van der Waals surface area contributed by atoms with E-state index in [1.165, 1.54) is 6.42 Å². The molecule has 4 heteroatoms. The van der Waals surface area contributed by atoms with Crippen LogP contribution in [0.5, 0.6) is 0 Å². The number of nitrogens with zero attached hydrogens (tertiary/aromatic N) is 1. The molecule has 1 heterocycles. The van der Waals surface area contributed by atoms with E-state index in [1.807, 2.05) is 0 Å². The van der Waals surface area contributed by atoms with Gasteiger partial charge in [0.25, 0.3) is 0 Å². The van der Waals surface area contributed by atoms with Crippen molar-refractivity contribution < 1.29 is 5.11 Å². The van der Waals surface area contributed by atoms with E-state index >= 15 is 0 Å². The second-order valence-electron chi connectivity index (χ2n) is 3.03. The summed E-state index contributed by atoms with van der Waals surface area (Å²) in [6, 6.07) is 0.280. The van der Waals surface area contributed by atoms with Crippen molar-refractivity contribution in [2.24, 2.45) is 10.7 Å². The third-order valence-electron chi connectivity index (χ3n) is 2.03. The average Bonchev–Trinajstić information content (AvgIpc) is 2.15. The van der Waals surface area contributed by atoms with Gasteiger partial charge in [-0.05, 0) is 19.3 Å². The summed E-state index contributed by atoms with van der Waals surface area (Å²) in [5, 5.41) is 8.69. The third kappa shape index (κ3) is 3.93. The lowest BCUT2D eigenvalue weighted by molar-refractivity contribution is 0.273. The lowest BCUT2D eigenvalue weighted by Crippen LogP contribution is -2.14. The van der Waals surface area contributed by atoms with Crippen LogP contribution < -0.4 is 5.73 Å². The van der Waals surface area contributed by atoms with Crippen LogP contribution in [-0.4, -0.2) is 23.6 Å². The van der Waals surface area contributed by atoms with Crippen LogP contribution in [-0.2, 0) is 0 Å². The Labute approximate surface area is 79.5 Å². The maximum Gasteiger partial charge on any atom is 0.0940 e. The van der Waals surface area contributed by atoms with Crippen molar-refractivity contribution in [2.45, 2.75) is 38.1 Å². The first-order chi connectivity index (χ1) is 5.33. The van der Waals surface area contributed by atoms with Crippen molar-refractivity contribution in [2.75, 3.05) is 6.61 Å². The smallest absolute Gasteiger partial charge is 0.0940 e. The van der Waals surface area contributed by atoms with Crippen LogP contribution in [0.1, 0.15) is 32.1 Å². The van der Waals surface area contributed by atoms with Gasteiger partial charge < -0.3 is 10.8 Å². The molecule has 12 heavy (non-hydrogen) atoms. The van der Waals surface area contributed by atoms with E-state index < -0.39 is 0 Å². The van der Waals surface area contributed by atoms with Gasteiger partial charge in [-0.1, -0.05) is 6.42 Å². The van der Waals surface area contributed by atoms with Gasteiger partial charge in [-0.2, -0.15) is 0 Å². The molecule has 0 aliphatic carbocycles. The Morgan fingerprint density at radius 3 is 2.92 bits per heavy atom. The summed E-state index contributed by atoms with van der Waals surface area (Å²) in [6.45, 7) is 0.224. The topological polar surface area (TPSA) is 58.6 Å². The molecule has 72 valence electrons. The first-order valence-electron chi connectivity index (χ1n) is 4.26. The number of hydrogen-bond donors (Lipinski definition) is 2. The van der Waals surface area contributed by atoms with Crippen molar-refractivity contribution in [3.05, 3.63) is 0 Å². The standard InChI is InChI=1S/C8H16N2O.ClH/c9-8-4-2-1-3-7(10-8)5-6-11;/h7,11H,1-6H2,(H2,9,10);1H. The summed E-state index contributed by atoms with van der Waals surface area (Å²) in [7, 11) is 0. The molecule has 1 atom stereocenters. The first kappa shape index (κ1) is 11.7. The monoisotopic (exact) mass is 192 g/mol. The van der Waals surface area contributed by atoms with Crippen molar-refractivity contribution >= 4 is 18.2 Å². The summed E-state index contributed by atoms with van der Waals surface area (Å²) in [6.07, 6.45) is 5.12. The first-order valence-corrected chi connectivity index (χ1v) is 4.26. The zero-order valence-electron chi connectivity index (χ0n) is 7.20. The van der Waals surface area contributed by atoms with Gasteiger partial charge in [-0.3, -0.25) is 4.99 Å². The van der Waals surface area contributed by atoms with E-state index in [2.05, 4.69) is 4.99 Å². The Kier molecular flexibility index (Phi) is 6.11. The maximum atomic E-state index is 8.69. The van der Waals surface area contributed by atoms with Gasteiger partial charge in [0.15, 0.2) is 0 Å². The third-order valence-corrected chi connectivity index (χ3v) is 2.03. The van der Waals surface area contributed by atoms with Crippen LogP contribution in [0.25, 0.3) is 0 Å². The van der Waals surface area contributed by atoms with Gasteiger partial charge in [-0.15, -0.1) is 12.4 Å². The summed E-state index contributed by atoms with van der Waals surface area (Å²) in [5.41, 5.74) is 5.62. The van der Waals surface area contributed by atoms with E-state index in [4.69, 9.17) is 10.8 Å². The Hall–Kier alpha value is -0.280. The highest BCUT2D eigenvalue weighted by Crippen LogP contribution is 2.14. The van der Waals surface area contributed by atoms with E-state index in [0.717, 1.165) is 31.5 Å². The van der Waals surface area contributed by atoms with Crippen LogP contribution in [0.3, 0.4) is 0 Å². The molecule has 3 N–H and O–H groups in total. The highest BCUT2D eigenvalue weighted by Gasteiger charge is 2.10. The Balaban J connectivity index is 0.00000121. The number of aliphatic imine (C=N–C) groups is 1. The van der Waals surface area contributed by atoms with Gasteiger partial charge in [0, 0.05) is 13.0 Å². The molecule has 1 aliphatic rings. The van der Waals surface area contributed by atoms with E-state index in [9.17, 15) is 0 Å². The Morgan fingerprint density at radius 1 is 1.50 bits per heavy atom. The average molecular weight is 193 g/mol. The second kappa shape index (κ2) is 6.26. The highest BCUT2D eigenvalue weighted by molar-refractivity contribution is 5.85. The zero-order valence-corrected chi connectivity index (χ0v) is 8.02. The van der Waals surface area contributed by atoms with Crippen LogP contribution in [0, 0.1) is 0 Å². The van der Waals surface area contributed by atoms with Crippen molar-refractivity contribution in [1.82, 2.24) is 0 Å². The van der Waals surface area contributed by atoms with Crippen LogP contribution in [0.2, 0.25) is 0 Å². The van der Waals surface area contributed by atoms with Crippen LogP contribution >= 0.6 is 12.4 Å². The van der Waals surface area contributed by atoms with Crippen LogP contribution in [0.4, 0.5) is 0 Å². The minimum atomic E-state index is 0. The summed E-state index contributed by atoms with van der Waals surface area (Å²) in [4.78, 5) is 4.30. The van der Waals surface area contributed by atoms with Gasteiger partial charge >= 0.3 is 0 Å². The van der Waals surface area contributed by atoms with Gasteiger partial charge in [0.1, 0.15) is 0 Å². The second-order valence-corrected chi connectivity index (χ2v) is 3.03. The predicted octanol–water partition coefficient (Wildman–Crippen LogP) is 1.09. The molecule has 0 saturated heterocycles. The molecule has 1 aliphatic heterocycles. The van der Waals surface area contributed by atoms with E-state index in [-0.39, 0.29) is 25.1 Å². The number of nitrogens with two attached hydrogens (primary N) is 1. The molecule has 0 fully saturated rings. The molecule has 0 aromatic rings. The number of halogens is 1. The Morgan fingerprint density at radius 2 is 2.25 bits per heavy atom. The normalized spacial score (nSPS) is 23.8. The summed E-state index contributed by atoms with van der Waals surface area (Å²) >= 11 is 0. The molecule has 3 nitrogen and oxygen atoms in total. The lowest BCUT2D eigenvalue weighted by Gasteiger charge is -2.07. The molecule has 0 saturated carbocycles. The molecule has 0 amide bonds.